The SMILES string of the molecule is COC.Cc1c(N2CCN(C)CC2)cc(C)c2c3c(c(=O)oc12)CN(C(=O)c1ccc(C(=O)NSN2CCCC2)c(Cl)c1F)CC3. The number of hydrogen-bond acceptors (Lipinski definition) is 9. The van der Waals surface area contributed by atoms with Gasteiger partial charge in [0.15, 0.2) is 5.82 Å². The Kier molecular flexibility index (Phi) is 10.9. The molecule has 0 atom stereocenters. The summed E-state index contributed by atoms with van der Waals surface area (Å²) in [5.41, 5.74) is 4.13. The number of hydrogen-bond donors (Lipinski definition) is 1. The van der Waals surface area contributed by atoms with Crippen LogP contribution >= 0.6 is 23.7 Å². The second-order valence-electron chi connectivity index (χ2n) is 12.0. The van der Waals surface area contributed by atoms with Gasteiger partial charge in [-0.25, -0.2) is 13.5 Å². The maximum Gasteiger partial charge on any atom is 0.341 e. The first-order chi connectivity index (χ1) is 22.0. The van der Waals surface area contributed by atoms with Crippen LogP contribution in [-0.4, -0.2) is 93.0 Å². The van der Waals surface area contributed by atoms with Crippen molar-refractivity contribution in [2.45, 2.75) is 39.7 Å². The highest BCUT2D eigenvalue weighted by atomic mass is 35.5. The first kappa shape index (κ1) is 34.2. The van der Waals surface area contributed by atoms with E-state index in [0.29, 0.717) is 24.1 Å². The number of nitrogens with zero attached hydrogens (tertiary/aromatic N) is 4. The molecule has 10 nitrogen and oxygen atoms in total. The summed E-state index contributed by atoms with van der Waals surface area (Å²) in [7, 11) is 5.36. The van der Waals surface area contributed by atoms with Gasteiger partial charge in [-0.1, -0.05) is 11.6 Å². The number of ether oxygens (including phenoxy) is 1. The molecular weight excluding hydrogens is 633 g/mol. The Hall–Kier alpha value is -3.16. The van der Waals surface area contributed by atoms with E-state index in [1.807, 2.05) is 18.2 Å². The van der Waals surface area contributed by atoms with Crippen molar-refractivity contribution < 1.29 is 23.1 Å². The topological polar surface area (TPSA) is 98.6 Å². The number of carbonyl (C=O) groups is 2. The maximum absolute atomic E-state index is 15.4. The molecule has 1 N–H and O–H groups in total. The van der Waals surface area contributed by atoms with Crippen LogP contribution in [-0.2, 0) is 17.7 Å². The van der Waals surface area contributed by atoms with Gasteiger partial charge in [-0.2, -0.15) is 0 Å². The lowest BCUT2D eigenvalue weighted by molar-refractivity contribution is 0.0727. The van der Waals surface area contributed by atoms with Crippen LogP contribution in [0.3, 0.4) is 0 Å². The molecule has 0 bridgehead atoms. The lowest BCUT2D eigenvalue weighted by atomic mass is 9.92. The van der Waals surface area contributed by atoms with Crippen LogP contribution in [0.15, 0.2) is 27.4 Å². The number of rotatable bonds is 5. The number of likely N-dealkylation sites (N-methyl/N-ethyl adjacent to an activating group) is 1. The minimum atomic E-state index is -0.954. The smallest absolute Gasteiger partial charge is 0.341 e. The molecule has 0 radical (unpaired) electrons. The number of fused-ring (bicyclic) bond motifs is 3. The number of carbonyl (C=O) groups excluding carboxylic acids is 2. The number of anilines is 1. The van der Waals surface area contributed by atoms with Crippen molar-refractivity contribution in [1.29, 1.82) is 0 Å². The number of nitrogens with one attached hydrogen (secondary N) is 1. The molecule has 3 aliphatic heterocycles. The third kappa shape index (κ3) is 6.91. The van der Waals surface area contributed by atoms with E-state index >= 15 is 4.39 Å². The van der Waals surface area contributed by atoms with Gasteiger partial charge in [-0.3, -0.25) is 14.3 Å². The Bertz CT molecular complexity index is 1690. The molecule has 2 fully saturated rings. The Balaban J connectivity index is 0.00000134. The molecule has 2 saturated heterocycles. The highest BCUT2D eigenvalue weighted by Gasteiger charge is 2.31. The minimum absolute atomic E-state index is 0.00307. The van der Waals surface area contributed by atoms with E-state index in [1.54, 1.807) is 14.2 Å². The molecule has 6 rings (SSSR count). The summed E-state index contributed by atoms with van der Waals surface area (Å²) in [6, 6.07) is 4.81. The monoisotopic (exact) mass is 673 g/mol. The standard InChI is InChI=1S/C31H35ClFN5O4S.C2H6O/c1-18-16-24(36-14-12-35(3)13-15-36)19(2)28-25(18)20-8-11-37(17-23(20)31(41)42-28)30(40)22-7-6-21(26(32)27(22)33)29(39)34-43-38-9-4-5-10-38;1-3-2/h6-7,16H,4-5,8-15,17H2,1-3H3,(H,34,39);1-2H3. The van der Waals surface area contributed by atoms with Gasteiger partial charge in [-0.05, 0) is 69.5 Å². The molecular formula is C33H41ClFN5O5S. The fraction of sp³-hybridized carbons (Fsp3) is 0.485. The van der Waals surface area contributed by atoms with E-state index in [-0.39, 0.29) is 17.7 Å². The second-order valence-corrected chi connectivity index (χ2v) is 13.3. The van der Waals surface area contributed by atoms with E-state index in [4.69, 9.17) is 16.0 Å². The highest BCUT2D eigenvalue weighted by molar-refractivity contribution is 7.95. The number of aryl methyl sites for hydroxylation is 2. The van der Waals surface area contributed by atoms with Crippen molar-refractivity contribution in [3.8, 4) is 0 Å². The molecule has 4 heterocycles. The molecule has 248 valence electrons. The van der Waals surface area contributed by atoms with Crippen LogP contribution in [0.25, 0.3) is 11.0 Å². The molecule has 0 aliphatic carbocycles. The van der Waals surface area contributed by atoms with Gasteiger partial charge in [0.2, 0.25) is 0 Å². The summed E-state index contributed by atoms with van der Waals surface area (Å²) in [5.74, 6) is -2.08. The summed E-state index contributed by atoms with van der Waals surface area (Å²) < 4.78 is 30.3. The Morgan fingerprint density at radius 3 is 2.33 bits per heavy atom. The summed E-state index contributed by atoms with van der Waals surface area (Å²) in [6.45, 7) is 9.78. The zero-order valence-electron chi connectivity index (χ0n) is 27.0. The van der Waals surface area contributed by atoms with Crippen molar-refractivity contribution in [2.75, 3.05) is 72.0 Å². The summed E-state index contributed by atoms with van der Waals surface area (Å²) >= 11 is 7.43. The predicted octanol–water partition coefficient (Wildman–Crippen LogP) is 4.80. The average molecular weight is 674 g/mol. The molecule has 2 aromatic carbocycles. The fourth-order valence-electron chi connectivity index (χ4n) is 6.30. The Morgan fingerprint density at radius 2 is 1.65 bits per heavy atom. The van der Waals surface area contributed by atoms with Crippen LogP contribution in [0.5, 0.6) is 0 Å². The third-order valence-electron chi connectivity index (χ3n) is 8.81. The third-order valence-corrected chi connectivity index (χ3v) is 10.1. The predicted molar refractivity (Wildman–Crippen MR) is 180 cm³/mol. The van der Waals surface area contributed by atoms with Crippen LogP contribution in [0.1, 0.15) is 55.8 Å². The first-order valence-corrected chi connectivity index (χ1v) is 16.6. The zero-order chi connectivity index (χ0) is 33.1. The second kappa shape index (κ2) is 14.7. The molecule has 0 saturated carbocycles. The molecule has 2 amide bonds. The number of piperazine rings is 1. The normalized spacial score (nSPS) is 17.1. The van der Waals surface area contributed by atoms with Gasteiger partial charge in [0.1, 0.15) is 5.58 Å². The van der Waals surface area contributed by atoms with Gasteiger partial charge in [0.05, 0.1) is 28.3 Å². The summed E-state index contributed by atoms with van der Waals surface area (Å²) in [5, 5.41) is 0.504. The minimum Gasteiger partial charge on any atom is -0.422 e. The molecule has 46 heavy (non-hydrogen) atoms. The van der Waals surface area contributed by atoms with Crippen LogP contribution < -0.4 is 15.2 Å². The molecule has 1 aromatic heterocycles. The molecule has 13 heteroatoms. The van der Waals surface area contributed by atoms with E-state index < -0.39 is 28.3 Å². The molecule has 3 aromatic rings. The zero-order valence-corrected chi connectivity index (χ0v) is 28.6. The Morgan fingerprint density at radius 1 is 1.00 bits per heavy atom. The van der Waals surface area contributed by atoms with Crippen molar-refractivity contribution in [2.24, 2.45) is 0 Å². The van der Waals surface area contributed by atoms with Crippen LogP contribution in [0, 0.1) is 19.7 Å². The summed E-state index contributed by atoms with van der Waals surface area (Å²) in [4.78, 5) is 45.5. The quantitative estimate of drug-likeness (QED) is 0.303. The largest absolute Gasteiger partial charge is 0.422 e. The Labute approximate surface area is 278 Å². The number of methoxy groups -OCH3 is 1. The van der Waals surface area contributed by atoms with Gasteiger partial charge in [0, 0.05) is 88.8 Å². The van der Waals surface area contributed by atoms with Crippen molar-refractivity contribution >= 4 is 52.2 Å². The van der Waals surface area contributed by atoms with Gasteiger partial charge in [-0.15, -0.1) is 0 Å². The maximum atomic E-state index is 15.4. The molecule has 0 spiro atoms. The van der Waals surface area contributed by atoms with Crippen molar-refractivity contribution in [3.63, 3.8) is 0 Å². The van der Waals surface area contributed by atoms with Gasteiger partial charge in [0.25, 0.3) is 11.8 Å². The van der Waals surface area contributed by atoms with E-state index in [0.717, 1.165) is 79.9 Å². The van der Waals surface area contributed by atoms with E-state index in [1.165, 1.54) is 29.2 Å². The van der Waals surface area contributed by atoms with Crippen LogP contribution in [0.4, 0.5) is 10.1 Å². The lowest BCUT2D eigenvalue weighted by Gasteiger charge is -2.35. The highest BCUT2D eigenvalue weighted by Crippen LogP contribution is 2.36. The van der Waals surface area contributed by atoms with Gasteiger partial charge < -0.3 is 23.9 Å². The summed E-state index contributed by atoms with van der Waals surface area (Å²) in [6.07, 6.45) is 2.55. The first-order valence-electron chi connectivity index (χ1n) is 15.5. The number of halogens is 2. The van der Waals surface area contributed by atoms with Crippen LogP contribution in [0.2, 0.25) is 5.02 Å². The average Bonchev–Trinajstić information content (AvgIpc) is 3.57. The van der Waals surface area contributed by atoms with E-state index in [2.05, 4.69) is 32.4 Å². The molecule has 0 unspecified atom stereocenters. The number of amides is 2. The number of benzene rings is 2. The molecule has 3 aliphatic rings. The fourth-order valence-corrected chi connectivity index (χ4v) is 7.32. The van der Waals surface area contributed by atoms with Crippen molar-refractivity contribution in [3.05, 3.63) is 72.8 Å². The lowest BCUT2D eigenvalue weighted by Crippen LogP contribution is -2.44. The van der Waals surface area contributed by atoms with E-state index in [9.17, 15) is 14.4 Å². The van der Waals surface area contributed by atoms with Crippen molar-refractivity contribution in [1.82, 2.24) is 18.8 Å². The van der Waals surface area contributed by atoms with Gasteiger partial charge >= 0.3 is 5.63 Å².